The Labute approximate surface area is 220 Å². The number of hydrogen-bond donors (Lipinski definition) is 2. The number of fused-ring (bicyclic) bond motifs is 1. The number of aliphatic imine (C=N–C) groups is 2. The number of pyridine rings is 1. The molecule has 3 N–H and O–H groups in total. The van der Waals surface area contributed by atoms with Crippen molar-refractivity contribution in [1.82, 2.24) is 19.8 Å². The van der Waals surface area contributed by atoms with Gasteiger partial charge in [0, 0.05) is 56.9 Å². The van der Waals surface area contributed by atoms with E-state index in [0.29, 0.717) is 26.2 Å². The van der Waals surface area contributed by atoms with E-state index in [9.17, 15) is 14.0 Å². The molecule has 0 radical (unpaired) electrons. The number of aromatic amines is 1. The summed E-state index contributed by atoms with van der Waals surface area (Å²) in [7, 11) is 0. The fraction of sp³-hybridized carbons (Fsp3) is 0.296. The SMILES string of the molecule is C=N/C=C\N(N)c1ncc(F)c2c(C(=O)C(=O)N3CCN(C(=NCCCC)c4ccccc4)CC3)c[nH]c12. The van der Waals surface area contributed by atoms with Gasteiger partial charge in [-0.1, -0.05) is 43.7 Å². The smallest absolute Gasteiger partial charge is 0.295 e. The van der Waals surface area contributed by atoms with E-state index in [-0.39, 0.29) is 22.3 Å². The zero-order valence-electron chi connectivity index (χ0n) is 21.3. The topological polar surface area (TPSA) is 123 Å². The van der Waals surface area contributed by atoms with Crippen LogP contribution in [0.3, 0.4) is 0 Å². The first-order valence-corrected chi connectivity index (χ1v) is 12.5. The number of hydrogen-bond acceptors (Lipinski definition) is 7. The number of hydrazine groups is 1. The lowest BCUT2D eigenvalue weighted by Crippen LogP contribution is -2.52. The molecule has 3 aromatic rings. The number of nitrogens with two attached hydrogens (primary N) is 1. The summed E-state index contributed by atoms with van der Waals surface area (Å²) in [6.45, 7) is 7.93. The van der Waals surface area contributed by atoms with E-state index in [0.717, 1.165) is 42.0 Å². The lowest BCUT2D eigenvalue weighted by atomic mass is 10.1. The maximum Gasteiger partial charge on any atom is 0.295 e. The van der Waals surface area contributed by atoms with Crippen molar-refractivity contribution < 1.29 is 14.0 Å². The molecular formula is C27H31FN8O2. The number of ketones is 1. The molecule has 3 heterocycles. The van der Waals surface area contributed by atoms with Crippen LogP contribution in [0.15, 0.2) is 65.1 Å². The molecule has 0 aliphatic carbocycles. The Morgan fingerprint density at radius 1 is 1.21 bits per heavy atom. The molecule has 11 heteroatoms. The highest BCUT2D eigenvalue weighted by Crippen LogP contribution is 2.28. The van der Waals surface area contributed by atoms with Gasteiger partial charge in [-0.2, -0.15) is 0 Å². The van der Waals surface area contributed by atoms with Gasteiger partial charge in [0.05, 0.1) is 22.7 Å². The minimum Gasteiger partial charge on any atom is -0.357 e. The summed E-state index contributed by atoms with van der Waals surface area (Å²) in [6, 6.07) is 9.95. The number of piperazine rings is 1. The zero-order valence-corrected chi connectivity index (χ0v) is 21.3. The fourth-order valence-corrected chi connectivity index (χ4v) is 4.34. The highest BCUT2D eigenvalue weighted by Gasteiger charge is 2.31. The third-order valence-electron chi connectivity index (χ3n) is 6.33. The van der Waals surface area contributed by atoms with Gasteiger partial charge in [0.25, 0.3) is 11.7 Å². The van der Waals surface area contributed by atoms with Gasteiger partial charge in [-0.25, -0.2) is 15.2 Å². The third kappa shape index (κ3) is 5.62. The molecule has 0 atom stereocenters. The van der Waals surface area contributed by atoms with Gasteiger partial charge in [-0.05, 0) is 13.1 Å². The van der Waals surface area contributed by atoms with Crippen LogP contribution >= 0.6 is 0 Å². The molecule has 1 fully saturated rings. The lowest BCUT2D eigenvalue weighted by Gasteiger charge is -2.36. The minimum absolute atomic E-state index is 0.0446. The molecule has 0 saturated carbocycles. The van der Waals surface area contributed by atoms with Gasteiger partial charge < -0.3 is 14.8 Å². The number of amidine groups is 1. The van der Waals surface area contributed by atoms with Gasteiger partial charge in [0.2, 0.25) is 0 Å². The van der Waals surface area contributed by atoms with Crippen LogP contribution in [0.2, 0.25) is 0 Å². The number of carbonyl (C=O) groups is 2. The number of anilines is 1. The number of unbranched alkanes of at least 4 members (excludes halogenated alkanes) is 1. The Morgan fingerprint density at radius 2 is 1.92 bits per heavy atom. The third-order valence-corrected chi connectivity index (χ3v) is 6.33. The first-order chi connectivity index (χ1) is 18.5. The number of aromatic nitrogens is 2. The summed E-state index contributed by atoms with van der Waals surface area (Å²) in [5.41, 5.74) is 1.14. The number of halogens is 1. The first kappa shape index (κ1) is 26.7. The van der Waals surface area contributed by atoms with E-state index >= 15 is 0 Å². The van der Waals surface area contributed by atoms with Crippen LogP contribution in [0.4, 0.5) is 10.2 Å². The minimum atomic E-state index is -0.799. The number of nitrogens with zero attached hydrogens (tertiary/aromatic N) is 6. The summed E-state index contributed by atoms with van der Waals surface area (Å²) < 4.78 is 14.8. The normalized spacial score (nSPS) is 14.3. The fourth-order valence-electron chi connectivity index (χ4n) is 4.34. The molecule has 0 bridgehead atoms. The molecule has 0 unspecified atom stereocenters. The molecule has 198 valence electrons. The van der Waals surface area contributed by atoms with E-state index in [1.807, 2.05) is 30.3 Å². The average molecular weight is 519 g/mol. The second kappa shape index (κ2) is 12.2. The van der Waals surface area contributed by atoms with Crippen LogP contribution in [0.25, 0.3) is 10.9 Å². The second-order valence-electron chi connectivity index (χ2n) is 8.80. The average Bonchev–Trinajstić information content (AvgIpc) is 3.40. The van der Waals surface area contributed by atoms with E-state index in [1.165, 1.54) is 23.5 Å². The summed E-state index contributed by atoms with van der Waals surface area (Å²) in [6.07, 6.45) is 7.04. The molecule has 1 amide bonds. The van der Waals surface area contributed by atoms with E-state index in [1.54, 1.807) is 0 Å². The Bertz CT molecular complexity index is 1360. The largest absolute Gasteiger partial charge is 0.357 e. The Hall–Kier alpha value is -4.38. The molecule has 4 rings (SSSR count). The van der Waals surface area contributed by atoms with Crippen molar-refractivity contribution in [2.24, 2.45) is 15.8 Å². The summed E-state index contributed by atoms with van der Waals surface area (Å²) >= 11 is 0. The predicted octanol–water partition coefficient (Wildman–Crippen LogP) is 3.13. The number of Topliss-reactive ketones (excluding diaryl/α,β-unsaturated/α-hetero) is 1. The molecular weight excluding hydrogens is 487 g/mol. The summed E-state index contributed by atoms with van der Waals surface area (Å²) in [4.78, 5) is 45.3. The quantitative estimate of drug-likeness (QED) is 0.0853. The predicted molar refractivity (Wildman–Crippen MR) is 147 cm³/mol. The zero-order chi connectivity index (χ0) is 27.1. The number of nitrogens with one attached hydrogen (secondary N) is 1. The molecule has 2 aromatic heterocycles. The van der Waals surface area contributed by atoms with Crippen molar-refractivity contribution >= 4 is 41.0 Å². The molecule has 1 saturated heterocycles. The monoisotopic (exact) mass is 518 g/mol. The van der Waals surface area contributed by atoms with Crippen molar-refractivity contribution in [3.05, 3.63) is 72.1 Å². The van der Waals surface area contributed by atoms with Crippen LogP contribution in [0.5, 0.6) is 0 Å². The van der Waals surface area contributed by atoms with Crippen LogP contribution in [0, 0.1) is 5.82 Å². The lowest BCUT2D eigenvalue weighted by molar-refractivity contribution is -0.127. The highest BCUT2D eigenvalue weighted by molar-refractivity contribution is 6.45. The van der Waals surface area contributed by atoms with Crippen LogP contribution < -0.4 is 10.9 Å². The number of amides is 1. The first-order valence-electron chi connectivity index (χ1n) is 12.5. The van der Waals surface area contributed by atoms with E-state index in [2.05, 4.69) is 33.5 Å². The number of rotatable bonds is 9. The van der Waals surface area contributed by atoms with Gasteiger partial charge in [-0.3, -0.25) is 24.6 Å². The maximum atomic E-state index is 14.8. The molecule has 1 aliphatic rings. The van der Waals surface area contributed by atoms with Crippen molar-refractivity contribution in [3.63, 3.8) is 0 Å². The number of benzene rings is 1. The van der Waals surface area contributed by atoms with Crippen molar-refractivity contribution in [2.45, 2.75) is 19.8 Å². The molecule has 1 aromatic carbocycles. The van der Waals surface area contributed by atoms with Crippen LogP contribution in [0.1, 0.15) is 35.7 Å². The van der Waals surface area contributed by atoms with Crippen LogP contribution in [-0.4, -0.2) is 76.7 Å². The molecule has 1 aliphatic heterocycles. The molecule has 0 spiro atoms. The molecule has 10 nitrogen and oxygen atoms in total. The Balaban J connectivity index is 1.51. The van der Waals surface area contributed by atoms with E-state index in [4.69, 9.17) is 10.8 Å². The second-order valence-corrected chi connectivity index (χ2v) is 8.80. The number of carbonyl (C=O) groups excluding carboxylic acids is 2. The van der Waals surface area contributed by atoms with Crippen molar-refractivity contribution in [2.75, 3.05) is 37.7 Å². The highest BCUT2D eigenvalue weighted by atomic mass is 19.1. The van der Waals surface area contributed by atoms with Gasteiger partial charge in [-0.15, -0.1) is 0 Å². The van der Waals surface area contributed by atoms with Gasteiger partial charge >= 0.3 is 0 Å². The molecule has 38 heavy (non-hydrogen) atoms. The maximum absolute atomic E-state index is 14.8. The van der Waals surface area contributed by atoms with Gasteiger partial charge in [0.15, 0.2) is 11.6 Å². The van der Waals surface area contributed by atoms with Gasteiger partial charge in [0.1, 0.15) is 5.84 Å². The summed E-state index contributed by atoms with van der Waals surface area (Å²) in [5.74, 6) is 4.79. The van der Waals surface area contributed by atoms with Crippen molar-refractivity contribution in [1.29, 1.82) is 0 Å². The van der Waals surface area contributed by atoms with E-state index < -0.39 is 17.5 Å². The van der Waals surface area contributed by atoms with Crippen LogP contribution in [-0.2, 0) is 4.79 Å². The van der Waals surface area contributed by atoms with Crippen molar-refractivity contribution in [3.8, 4) is 0 Å². The Kier molecular flexibility index (Phi) is 8.59. The number of H-pyrrole nitrogens is 1. The summed E-state index contributed by atoms with van der Waals surface area (Å²) in [5, 5.41) is 1.08. The standard InChI is InChI=1S/C27H31FN8O2/c1-3-4-10-31-25(19-8-6-5-7-9-19)34-13-15-35(16-14-34)27(38)24(37)20-17-32-23-22(20)21(28)18-33-26(23)36(29)12-11-30-2/h5-9,11-12,17-18,32H,2-4,10,13-16,29H2,1H3/b12-11-,31-25?. The Morgan fingerprint density at radius 3 is 2.61 bits per heavy atom.